The Balaban J connectivity index is 2.12. The molecule has 0 bridgehead atoms. The predicted octanol–water partition coefficient (Wildman–Crippen LogP) is 2.03. The number of hydrogen-bond acceptors (Lipinski definition) is 3. The standard InChI is InChI=1S/C15H20F2N2O3S/c1-10-5-3-4-8-19(10)15(20)11(2)18-23(21,22)12-6-7-13(16)14(17)9-12/h6-7,9-11,18H,3-5,8H2,1-2H3. The highest BCUT2D eigenvalue weighted by Crippen LogP contribution is 2.18. The summed E-state index contributed by atoms with van der Waals surface area (Å²) in [6.07, 6.45) is 2.81. The summed E-state index contributed by atoms with van der Waals surface area (Å²) in [4.78, 5) is 13.6. The third-order valence-corrected chi connectivity index (χ3v) is 5.53. The van der Waals surface area contributed by atoms with Gasteiger partial charge in [-0.3, -0.25) is 4.79 Å². The second kappa shape index (κ2) is 6.92. The first-order chi connectivity index (χ1) is 10.7. The molecule has 0 radical (unpaired) electrons. The van der Waals surface area contributed by atoms with Crippen LogP contribution in [0.1, 0.15) is 33.1 Å². The van der Waals surface area contributed by atoms with E-state index in [2.05, 4.69) is 4.72 Å². The van der Waals surface area contributed by atoms with Crippen LogP contribution in [0.15, 0.2) is 23.1 Å². The smallest absolute Gasteiger partial charge is 0.241 e. The van der Waals surface area contributed by atoms with Crippen molar-refractivity contribution in [3.63, 3.8) is 0 Å². The Morgan fingerprint density at radius 3 is 2.61 bits per heavy atom. The summed E-state index contributed by atoms with van der Waals surface area (Å²) in [5, 5.41) is 0. The zero-order valence-corrected chi connectivity index (χ0v) is 13.9. The molecule has 8 heteroatoms. The van der Waals surface area contributed by atoms with E-state index in [1.165, 1.54) is 6.92 Å². The Bertz CT molecular complexity index is 694. The molecule has 0 aliphatic carbocycles. The van der Waals surface area contributed by atoms with Crippen molar-refractivity contribution < 1.29 is 22.0 Å². The molecule has 1 fully saturated rings. The van der Waals surface area contributed by atoms with Crippen LogP contribution in [-0.4, -0.2) is 37.9 Å². The van der Waals surface area contributed by atoms with Crippen LogP contribution in [0, 0.1) is 11.6 Å². The first kappa shape index (κ1) is 17.8. The number of nitrogens with zero attached hydrogens (tertiary/aromatic N) is 1. The fraction of sp³-hybridized carbons (Fsp3) is 0.533. The maximum atomic E-state index is 13.2. The van der Waals surface area contributed by atoms with Crippen molar-refractivity contribution in [2.75, 3.05) is 6.54 Å². The van der Waals surface area contributed by atoms with Crippen molar-refractivity contribution in [3.8, 4) is 0 Å². The number of piperidine rings is 1. The van der Waals surface area contributed by atoms with Crippen molar-refractivity contribution in [1.82, 2.24) is 9.62 Å². The van der Waals surface area contributed by atoms with Gasteiger partial charge in [0.15, 0.2) is 11.6 Å². The summed E-state index contributed by atoms with van der Waals surface area (Å²) >= 11 is 0. The Labute approximate surface area is 134 Å². The molecule has 23 heavy (non-hydrogen) atoms. The van der Waals surface area contributed by atoms with Crippen molar-refractivity contribution >= 4 is 15.9 Å². The van der Waals surface area contributed by atoms with Crippen LogP contribution >= 0.6 is 0 Å². The Morgan fingerprint density at radius 1 is 1.30 bits per heavy atom. The first-order valence-electron chi connectivity index (χ1n) is 7.50. The molecule has 1 aliphatic heterocycles. The second-order valence-electron chi connectivity index (χ2n) is 5.80. The van der Waals surface area contributed by atoms with Gasteiger partial charge in [0.25, 0.3) is 0 Å². The van der Waals surface area contributed by atoms with E-state index in [1.54, 1.807) is 4.90 Å². The molecular weight excluding hydrogens is 326 g/mol. The highest BCUT2D eigenvalue weighted by Gasteiger charge is 2.30. The van der Waals surface area contributed by atoms with Crippen molar-refractivity contribution in [2.45, 2.75) is 50.1 Å². The molecule has 2 rings (SSSR count). The van der Waals surface area contributed by atoms with Gasteiger partial charge in [0.2, 0.25) is 15.9 Å². The van der Waals surface area contributed by atoms with Crippen molar-refractivity contribution in [3.05, 3.63) is 29.8 Å². The lowest BCUT2D eigenvalue weighted by Gasteiger charge is -2.35. The molecule has 2 unspecified atom stereocenters. The molecule has 0 aromatic heterocycles. The number of rotatable bonds is 4. The predicted molar refractivity (Wildman–Crippen MR) is 81.2 cm³/mol. The fourth-order valence-corrected chi connectivity index (χ4v) is 3.88. The zero-order chi connectivity index (χ0) is 17.2. The highest BCUT2D eigenvalue weighted by atomic mass is 32.2. The molecule has 5 nitrogen and oxygen atoms in total. The summed E-state index contributed by atoms with van der Waals surface area (Å²) in [7, 11) is -4.10. The van der Waals surface area contributed by atoms with E-state index in [4.69, 9.17) is 0 Å². The van der Waals surface area contributed by atoms with Crippen LogP contribution < -0.4 is 4.72 Å². The number of carbonyl (C=O) groups is 1. The molecular formula is C15H20F2N2O3S. The van der Waals surface area contributed by atoms with E-state index in [1.807, 2.05) is 6.92 Å². The summed E-state index contributed by atoms with van der Waals surface area (Å²) < 4.78 is 52.8. The van der Waals surface area contributed by atoms with Gasteiger partial charge in [-0.15, -0.1) is 0 Å². The minimum atomic E-state index is -4.10. The molecule has 2 atom stereocenters. The van der Waals surface area contributed by atoms with E-state index in [0.29, 0.717) is 12.6 Å². The van der Waals surface area contributed by atoms with E-state index < -0.39 is 32.6 Å². The summed E-state index contributed by atoms with van der Waals surface area (Å²) in [5.41, 5.74) is 0. The van der Waals surface area contributed by atoms with Crippen molar-refractivity contribution in [1.29, 1.82) is 0 Å². The van der Waals surface area contributed by atoms with E-state index >= 15 is 0 Å². The Hall–Kier alpha value is -1.54. The molecule has 128 valence electrons. The van der Waals surface area contributed by atoms with Gasteiger partial charge < -0.3 is 4.90 Å². The minimum Gasteiger partial charge on any atom is -0.339 e. The van der Waals surface area contributed by atoms with Crippen LogP contribution in [0.25, 0.3) is 0 Å². The van der Waals surface area contributed by atoms with Gasteiger partial charge in [0, 0.05) is 12.6 Å². The molecule has 1 aromatic carbocycles. The third kappa shape index (κ3) is 4.06. The number of nitrogens with one attached hydrogen (secondary N) is 1. The minimum absolute atomic E-state index is 0.0615. The van der Waals surface area contributed by atoms with Gasteiger partial charge >= 0.3 is 0 Å². The van der Waals surface area contributed by atoms with Crippen LogP contribution in [-0.2, 0) is 14.8 Å². The van der Waals surface area contributed by atoms with E-state index in [0.717, 1.165) is 31.4 Å². The lowest BCUT2D eigenvalue weighted by atomic mass is 10.0. The lowest BCUT2D eigenvalue weighted by Crippen LogP contribution is -2.51. The number of hydrogen-bond donors (Lipinski definition) is 1. The average molecular weight is 346 g/mol. The molecule has 1 N–H and O–H groups in total. The van der Waals surface area contributed by atoms with Gasteiger partial charge in [-0.25, -0.2) is 17.2 Å². The molecule has 1 aromatic rings. The maximum Gasteiger partial charge on any atom is 0.241 e. The molecule has 1 saturated heterocycles. The molecule has 1 amide bonds. The van der Waals surface area contributed by atoms with Gasteiger partial charge in [-0.2, -0.15) is 4.72 Å². The van der Waals surface area contributed by atoms with Crippen LogP contribution in [0.5, 0.6) is 0 Å². The van der Waals surface area contributed by atoms with Crippen LogP contribution in [0.3, 0.4) is 0 Å². The normalized spacial score (nSPS) is 20.3. The average Bonchev–Trinajstić information content (AvgIpc) is 2.49. The van der Waals surface area contributed by atoms with Crippen LogP contribution in [0.2, 0.25) is 0 Å². The van der Waals surface area contributed by atoms with Crippen LogP contribution in [0.4, 0.5) is 8.78 Å². The van der Waals surface area contributed by atoms with Gasteiger partial charge in [-0.1, -0.05) is 0 Å². The number of amides is 1. The monoisotopic (exact) mass is 346 g/mol. The number of halogens is 2. The van der Waals surface area contributed by atoms with Gasteiger partial charge in [-0.05, 0) is 51.3 Å². The number of likely N-dealkylation sites (tertiary alicyclic amines) is 1. The number of carbonyl (C=O) groups excluding carboxylic acids is 1. The van der Waals surface area contributed by atoms with E-state index in [-0.39, 0.29) is 11.9 Å². The topological polar surface area (TPSA) is 66.5 Å². The molecule has 0 saturated carbocycles. The summed E-state index contributed by atoms with van der Waals surface area (Å²) in [6.45, 7) is 3.96. The van der Waals surface area contributed by atoms with Gasteiger partial charge in [0.1, 0.15) is 0 Å². The SMILES string of the molecule is CC(NS(=O)(=O)c1ccc(F)c(F)c1)C(=O)N1CCCCC1C. The molecule has 0 spiro atoms. The fourth-order valence-electron chi connectivity index (χ4n) is 2.67. The second-order valence-corrected chi connectivity index (χ2v) is 7.51. The zero-order valence-electron chi connectivity index (χ0n) is 13.1. The van der Waals surface area contributed by atoms with Crippen molar-refractivity contribution in [2.24, 2.45) is 0 Å². The maximum absolute atomic E-state index is 13.2. The highest BCUT2D eigenvalue weighted by molar-refractivity contribution is 7.89. The largest absolute Gasteiger partial charge is 0.339 e. The summed E-state index contributed by atoms with van der Waals surface area (Å²) in [6, 6.07) is 1.38. The number of sulfonamides is 1. The van der Waals surface area contributed by atoms with E-state index in [9.17, 15) is 22.0 Å². The quantitative estimate of drug-likeness (QED) is 0.907. The molecule has 1 aliphatic rings. The Morgan fingerprint density at radius 2 is 2.00 bits per heavy atom. The lowest BCUT2D eigenvalue weighted by molar-refractivity contribution is -0.135. The first-order valence-corrected chi connectivity index (χ1v) is 8.98. The third-order valence-electron chi connectivity index (χ3n) is 3.99. The van der Waals surface area contributed by atoms with Gasteiger partial charge in [0.05, 0.1) is 10.9 Å². The Kier molecular flexibility index (Phi) is 5.36. The number of benzene rings is 1. The molecule has 1 heterocycles. The summed E-state index contributed by atoms with van der Waals surface area (Å²) in [5.74, 6) is -2.70.